The van der Waals surface area contributed by atoms with Crippen molar-refractivity contribution in [3.63, 3.8) is 0 Å². The normalized spacial score (nSPS) is 14.9. The van der Waals surface area contributed by atoms with Crippen molar-refractivity contribution in [1.82, 2.24) is 19.9 Å². The maximum Gasteiger partial charge on any atom is 0.134 e. The van der Waals surface area contributed by atoms with Gasteiger partial charge in [-0.25, -0.2) is 9.97 Å². The summed E-state index contributed by atoms with van der Waals surface area (Å²) in [6, 6.07) is 2.09. The van der Waals surface area contributed by atoms with Gasteiger partial charge in [0, 0.05) is 57.8 Å². The molecule has 22 heavy (non-hydrogen) atoms. The van der Waals surface area contributed by atoms with E-state index < -0.39 is 0 Å². The van der Waals surface area contributed by atoms with Crippen LogP contribution in [0.2, 0.25) is 0 Å². The zero-order valence-corrected chi connectivity index (χ0v) is 13.0. The summed E-state index contributed by atoms with van der Waals surface area (Å²) < 4.78 is 0. The molecule has 116 valence electrons. The van der Waals surface area contributed by atoms with Gasteiger partial charge >= 0.3 is 0 Å². The van der Waals surface area contributed by atoms with Crippen LogP contribution in [0.15, 0.2) is 31.0 Å². The Morgan fingerprint density at radius 3 is 2.73 bits per heavy atom. The van der Waals surface area contributed by atoms with Crippen LogP contribution in [0.4, 0.5) is 11.6 Å². The van der Waals surface area contributed by atoms with Crippen molar-refractivity contribution < 1.29 is 0 Å². The highest BCUT2D eigenvalue weighted by Crippen LogP contribution is 2.20. The molecule has 0 N–H and O–H groups in total. The fourth-order valence-corrected chi connectivity index (χ4v) is 2.70. The van der Waals surface area contributed by atoms with E-state index in [0.29, 0.717) is 0 Å². The van der Waals surface area contributed by atoms with Crippen LogP contribution < -0.4 is 9.80 Å². The summed E-state index contributed by atoms with van der Waals surface area (Å²) in [5.41, 5.74) is 1.000. The first kappa shape index (κ1) is 14.7. The Kier molecular flexibility index (Phi) is 4.78. The third-order valence-electron chi connectivity index (χ3n) is 4.03. The predicted molar refractivity (Wildman–Crippen MR) is 87.1 cm³/mol. The Hall–Kier alpha value is -2.24. The summed E-state index contributed by atoms with van der Waals surface area (Å²) in [7, 11) is 2.05. The molecule has 0 unspecified atom stereocenters. The van der Waals surface area contributed by atoms with Gasteiger partial charge in [-0.05, 0) is 19.3 Å². The number of likely N-dealkylation sites (N-methyl/N-ethyl adjacent to an activating group) is 1. The Morgan fingerprint density at radius 2 is 1.95 bits per heavy atom. The van der Waals surface area contributed by atoms with Gasteiger partial charge in [0.2, 0.25) is 0 Å². The summed E-state index contributed by atoms with van der Waals surface area (Å²) in [4.78, 5) is 21.7. The number of aromatic nitrogens is 4. The topological polar surface area (TPSA) is 58.0 Å². The lowest BCUT2D eigenvalue weighted by Crippen LogP contribution is -2.30. The number of nitrogens with zero attached hydrogens (tertiary/aromatic N) is 6. The highest BCUT2D eigenvalue weighted by molar-refractivity contribution is 5.49. The summed E-state index contributed by atoms with van der Waals surface area (Å²) in [6.07, 6.45) is 11.6. The number of anilines is 2. The summed E-state index contributed by atoms with van der Waals surface area (Å²) in [5, 5.41) is 0. The molecule has 1 saturated heterocycles. The summed E-state index contributed by atoms with van der Waals surface area (Å²) in [5.74, 6) is 2.00. The zero-order chi connectivity index (χ0) is 15.2. The Morgan fingerprint density at radius 1 is 1.09 bits per heavy atom. The fourth-order valence-electron chi connectivity index (χ4n) is 2.70. The highest BCUT2D eigenvalue weighted by atomic mass is 15.2. The van der Waals surface area contributed by atoms with Crippen LogP contribution in [-0.2, 0) is 6.42 Å². The number of rotatable bonds is 5. The fraction of sp³-hybridized carbons (Fsp3) is 0.500. The summed E-state index contributed by atoms with van der Waals surface area (Å²) >= 11 is 0. The molecule has 0 spiro atoms. The van der Waals surface area contributed by atoms with Crippen molar-refractivity contribution in [3.8, 4) is 0 Å². The molecule has 0 bridgehead atoms. The molecular weight excluding hydrogens is 276 g/mol. The van der Waals surface area contributed by atoms with Gasteiger partial charge in [0.1, 0.15) is 18.0 Å². The van der Waals surface area contributed by atoms with E-state index in [4.69, 9.17) is 0 Å². The van der Waals surface area contributed by atoms with Crippen molar-refractivity contribution in [3.05, 3.63) is 36.7 Å². The smallest absolute Gasteiger partial charge is 0.134 e. The van der Waals surface area contributed by atoms with Crippen molar-refractivity contribution >= 4 is 11.6 Å². The van der Waals surface area contributed by atoms with Crippen LogP contribution in [0, 0.1) is 0 Å². The van der Waals surface area contributed by atoms with Crippen molar-refractivity contribution in [2.24, 2.45) is 0 Å². The molecule has 3 rings (SSSR count). The number of piperidine rings is 1. The van der Waals surface area contributed by atoms with Gasteiger partial charge in [-0.1, -0.05) is 0 Å². The Labute approximate surface area is 131 Å². The molecule has 1 aliphatic rings. The molecule has 6 heteroatoms. The molecule has 0 saturated carbocycles. The Bertz CT molecular complexity index is 582. The maximum absolute atomic E-state index is 4.43. The SMILES string of the molecule is CN(CCc1cnccn1)c1cc(N2CCCCC2)ncn1. The van der Waals surface area contributed by atoms with Crippen molar-refractivity contribution in [2.75, 3.05) is 36.5 Å². The van der Waals surface area contributed by atoms with Crippen LogP contribution in [-0.4, -0.2) is 46.6 Å². The molecule has 2 aromatic heterocycles. The minimum absolute atomic E-state index is 0.855. The van der Waals surface area contributed by atoms with E-state index in [1.54, 1.807) is 18.7 Å². The molecule has 0 aliphatic carbocycles. The first-order valence-electron chi connectivity index (χ1n) is 7.86. The highest BCUT2D eigenvalue weighted by Gasteiger charge is 2.13. The average molecular weight is 298 g/mol. The van der Waals surface area contributed by atoms with Gasteiger partial charge in [0.15, 0.2) is 0 Å². The molecule has 2 aromatic rings. The van der Waals surface area contributed by atoms with E-state index >= 15 is 0 Å². The van der Waals surface area contributed by atoms with Gasteiger partial charge < -0.3 is 9.80 Å². The lowest BCUT2D eigenvalue weighted by Gasteiger charge is -2.28. The maximum atomic E-state index is 4.43. The van der Waals surface area contributed by atoms with E-state index in [2.05, 4.69) is 42.8 Å². The van der Waals surface area contributed by atoms with Crippen LogP contribution in [0.25, 0.3) is 0 Å². The standard InChI is InChI=1S/C16H22N6/c1-21(10-5-14-12-17-6-7-18-14)15-11-16(20-13-19-15)22-8-3-2-4-9-22/h6-7,11-13H,2-5,8-10H2,1H3. The third kappa shape index (κ3) is 3.69. The Balaban J connectivity index is 1.63. The minimum Gasteiger partial charge on any atom is -0.359 e. The van der Waals surface area contributed by atoms with Gasteiger partial charge in [-0.3, -0.25) is 9.97 Å². The molecule has 0 radical (unpaired) electrons. The van der Waals surface area contributed by atoms with Crippen LogP contribution in [0.1, 0.15) is 25.0 Å². The molecule has 1 aliphatic heterocycles. The van der Waals surface area contributed by atoms with Crippen molar-refractivity contribution in [1.29, 1.82) is 0 Å². The predicted octanol–water partition coefficient (Wildman–Crippen LogP) is 1.94. The minimum atomic E-state index is 0.855. The summed E-state index contributed by atoms with van der Waals surface area (Å²) in [6.45, 7) is 3.05. The molecule has 6 nitrogen and oxygen atoms in total. The first-order valence-corrected chi connectivity index (χ1v) is 7.86. The molecular formula is C16H22N6. The van der Waals surface area contributed by atoms with Crippen molar-refractivity contribution in [2.45, 2.75) is 25.7 Å². The van der Waals surface area contributed by atoms with E-state index in [-0.39, 0.29) is 0 Å². The molecule has 0 amide bonds. The molecule has 1 fully saturated rings. The lowest BCUT2D eigenvalue weighted by molar-refractivity contribution is 0.573. The van der Waals surface area contributed by atoms with E-state index in [1.807, 2.05) is 6.20 Å². The van der Waals surface area contributed by atoms with Gasteiger partial charge in [-0.2, -0.15) is 0 Å². The third-order valence-corrected chi connectivity index (χ3v) is 4.03. The van der Waals surface area contributed by atoms with Crippen LogP contribution in [0.5, 0.6) is 0 Å². The van der Waals surface area contributed by atoms with Crippen LogP contribution in [0.3, 0.4) is 0 Å². The first-order chi connectivity index (χ1) is 10.8. The van der Waals surface area contributed by atoms with E-state index in [0.717, 1.165) is 43.4 Å². The lowest BCUT2D eigenvalue weighted by atomic mass is 10.1. The van der Waals surface area contributed by atoms with Gasteiger partial charge in [0.05, 0.1) is 5.69 Å². The second-order valence-corrected chi connectivity index (χ2v) is 5.65. The second kappa shape index (κ2) is 7.15. The monoisotopic (exact) mass is 298 g/mol. The molecule has 0 aromatic carbocycles. The molecule has 3 heterocycles. The number of hydrogen-bond donors (Lipinski definition) is 0. The van der Waals surface area contributed by atoms with Crippen LogP contribution >= 0.6 is 0 Å². The van der Waals surface area contributed by atoms with Gasteiger partial charge in [-0.15, -0.1) is 0 Å². The quantitative estimate of drug-likeness (QED) is 0.841. The second-order valence-electron chi connectivity index (χ2n) is 5.65. The zero-order valence-electron chi connectivity index (χ0n) is 13.0. The average Bonchev–Trinajstić information content (AvgIpc) is 2.61. The number of hydrogen-bond acceptors (Lipinski definition) is 6. The van der Waals surface area contributed by atoms with E-state index in [1.165, 1.54) is 19.3 Å². The molecule has 0 atom stereocenters. The van der Waals surface area contributed by atoms with E-state index in [9.17, 15) is 0 Å². The largest absolute Gasteiger partial charge is 0.359 e. The van der Waals surface area contributed by atoms with Gasteiger partial charge in [0.25, 0.3) is 0 Å².